The molecule has 0 saturated heterocycles. The highest BCUT2D eigenvalue weighted by atomic mass is 16.5. The van der Waals surface area contributed by atoms with Gasteiger partial charge in [-0.05, 0) is 38.4 Å². The predicted octanol–water partition coefficient (Wildman–Crippen LogP) is 2.91. The summed E-state index contributed by atoms with van der Waals surface area (Å²) < 4.78 is 5.61. The monoisotopic (exact) mass is 294 g/mol. The molecule has 0 saturated carbocycles. The van der Waals surface area contributed by atoms with Crippen molar-refractivity contribution in [3.8, 4) is 5.75 Å². The first-order valence-electron chi connectivity index (χ1n) is 7.97. The zero-order valence-electron chi connectivity index (χ0n) is 13.6. The van der Waals surface area contributed by atoms with Crippen LogP contribution in [0.3, 0.4) is 0 Å². The highest BCUT2D eigenvalue weighted by Crippen LogP contribution is 2.15. The lowest BCUT2D eigenvalue weighted by atomic mass is 10.1. The summed E-state index contributed by atoms with van der Waals surface area (Å²) in [6.45, 7) is 8.55. The van der Waals surface area contributed by atoms with Crippen LogP contribution in [0.4, 0.5) is 5.69 Å². The van der Waals surface area contributed by atoms with Crippen LogP contribution in [0.15, 0.2) is 24.3 Å². The summed E-state index contributed by atoms with van der Waals surface area (Å²) in [5, 5.41) is 10.2. The minimum absolute atomic E-state index is 0.294. The van der Waals surface area contributed by atoms with Crippen molar-refractivity contribution >= 4 is 5.69 Å². The van der Waals surface area contributed by atoms with Gasteiger partial charge in [-0.1, -0.05) is 26.3 Å². The Morgan fingerprint density at radius 1 is 1.33 bits per heavy atom. The molecule has 120 valence electrons. The summed E-state index contributed by atoms with van der Waals surface area (Å²) in [7, 11) is 0. The molecule has 2 atom stereocenters. The molecule has 0 aliphatic carbocycles. The van der Waals surface area contributed by atoms with Gasteiger partial charge in [-0.2, -0.15) is 0 Å². The second-order valence-corrected chi connectivity index (χ2v) is 5.64. The third-order valence-corrected chi connectivity index (χ3v) is 3.76. The van der Waals surface area contributed by atoms with Gasteiger partial charge in [0.15, 0.2) is 0 Å². The molecular weight excluding hydrogens is 264 g/mol. The third kappa shape index (κ3) is 6.82. The minimum atomic E-state index is -0.489. The first kappa shape index (κ1) is 17.8. The van der Waals surface area contributed by atoms with Crippen LogP contribution in [0.1, 0.15) is 40.0 Å². The number of nitrogen functional groups attached to an aromatic ring is 1. The minimum Gasteiger partial charge on any atom is -0.491 e. The molecule has 4 nitrogen and oxygen atoms in total. The maximum absolute atomic E-state index is 10.2. The first-order chi connectivity index (χ1) is 10.1. The SMILES string of the molecule is CCCCN(CC(O)COc1cccc(N)c1)C(C)CC. The van der Waals surface area contributed by atoms with Gasteiger partial charge in [-0.3, -0.25) is 4.90 Å². The predicted molar refractivity (Wildman–Crippen MR) is 88.6 cm³/mol. The summed E-state index contributed by atoms with van der Waals surface area (Å²) >= 11 is 0. The molecule has 1 aromatic rings. The van der Waals surface area contributed by atoms with Crippen molar-refractivity contribution in [1.29, 1.82) is 0 Å². The molecule has 0 heterocycles. The maximum atomic E-state index is 10.2. The molecule has 0 aliphatic rings. The molecule has 0 fully saturated rings. The molecule has 0 radical (unpaired) electrons. The van der Waals surface area contributed by atoms with Gasteiger partial charge in [-0.25, -0.2) is 0 Å². The van der Waals surface area contributed by atoms with E-state index >= 15 is 0 Å². The molecule has 0 spiro atoms. The Kier molecular flexibility index (Phi) is 8.16. The van der Waals surface area contributed by atoms with E-state index in [2.05, 4.69) is 25.7 Å². The lowest BCUT2D eigenvalue weighted by molar-refractivity contribution is 0.0534. The zero-order chi connectivity index (χ0) is 15.7. The van der Waals surface area contributed by atoms with Gasteiger partial charge in [0.25, 0.3) is 0 Å². The third-order valence-electron chi connectivity index (χ3n) is 3.76. The number of hydrogen-bond acceptors (Lipinski definition) is 4. The van der Waals surface area contributed by atoms with Crippen LogP contribution in [0, 0.1) is 0 Å². The molecule has 1 aromatic carbocycles. The largest absolute Gasteiger partial charge is 0.491 e. The molecule has 4 heteroatoms. The molecule has 0 aliphatic heterocycles. The summed E-state index contributed by atoms with van der Waals surface area (Å²) in [4.78, 5) is 2.34. The molecule has 0 aromatic heterocycles. The van der Waals surface area contributed by atoms with Crippen LogP contribution < -0.4 is 10.5 Å². The van der Waals surface area contributed by atoms with Crippen LogP contribution in [0.2, 0.25) is 0 Å². The summed E-state index contributed by atoms with van der Waals surface area (Å²) in [5.41, 5.74) is 6.38. The van der Waals surface area contributed by atoms with E-state index in [4.69, 9.17) is 10.5 Å². The van der Waals surface area contributed by atoms with Crippen LogP contribution in [0.25, 0.3) is 0 Å². The number of rotatable bonds is 10. The topological polar surface area (TPSA) is 58.7 Å². The van der Waals surface area contributed by atoms with E-state index in [1.54, 1.807) is 6.07 Å². The van der Waals surface area contributed by atoms with E-state index in [0.717, 1.165) is 19.4 Å². The summed E-state index contributed by atoms with van der Waals surface area (Å²) in [5.74, 6) is 0.706. The Labute approximate surface area is 128 Å². The van der Waals surface area contributed by atoms with Crippen molar-refractivity contribution in [2.24, 2.45) is 0 Å². The average molecular weight is 294 g/mol. The van der Waals surface area contributed by atoms with Crippen LogP contribution in [-0.4, -0.2) is 41.8 Å². The van der Waals surface area contributed by atoms with Gasteiger partial charge < -0.3 is 15.6 Å². The molecular formula is C17H30N2O2. The normalized spacial score (nSPS) is 14.1. The number of aliphatic hydroxyl groups excluding tert-OH is 1. The Morgan fingerprint density at radius 2 is 2.10 bits per heavy atom. The Balaban J connectivity index is 2.43. The fourth-order valence-corrected chi connectivity index (χ4v) is 2.23. The van der Waals surface area contributed by atoms with Crippen molar-refractivity contribution in [1.82, 2.24) is 4.90 Å². The van der Waals surface area contributed by atoms with E-state index in [1.807, 2.05) is 18.2 Å². The van der Waals surface area contributed by atoms with Crippen molar-refractivity contribution in [3.05, 3.63) is 24.3 Å². The van der Waals surface area contributed by atoms with Gasteiger partial charge in [0.1, 0.15) is 18.5 Å². The van der Waals surface area contributed by atoms with Gasteiger partial charge in [0.05, 0.1) is 0 Å². The van der Waals surface area contributed by atoms with E-state index < -0.39 is 6.10 Å². The second-order valence-electron chi connectivity index (χ2n) is 5.64. The van der Waals surface area contributed by atoms with Gasteiger partial charge in [-0.15, -0.1) is 0 Å². The fraction of sp³-hybridized carbons (Fsp3) is 0.647. The zero-order valence-corrected chi connectivity index (χ0v) is 13.6. The lowest BCUT2D eigenvalue weighted by Crippen LogP contribution is -2.41. The van der Waals surface area contributed by atoms with Gasteiger partial charge >= 0.3 is 0 Å². The second kappa shape index (κ2) is 9.64. The van der Waals surface area contributed by atoms with E-state index in [0.29, 0.717) is 30.6 Å². The van der Waals surface area contributed by atoms with E-state index in [9.17, 15) is 5.11 Å². The standard InChI is InChI=1S/C17H30N2O2/c1-4-6-10-19(14(3)5-2)12-16(20)13-21-17-9-7-8-15(18)11-17/h7-9,11,14,16,20H,4-6,10,12-13,18H2,1-3H3. The number of nitrogens with zero attached hydrogens (tertiary/aromatic N) is 1. The fourth-order valence-electron chi connectivity index (χ4n) is 2.23. The molecule has 0 amide bonds. The van der Waals surface area contributed by atoms with Crippen molar-refractivity contribution < 1.29 is 9.84 Å². The van der Waals surface area contributed by atoms with Gasteiger partial charge in [0.2, 0.25) is 0 Å². The highest BCUT2D eigenvalue weighted by Gasteiger charge is 2.16. The Morgan fingerprint density at radius 3 is 2.71 bits per heavy atom. The Hall–Kier alpha value is -1.26. The number of hydrogen-bond donors (Lipinski definition) is 2. The van der Waals surface area contributed by atoms with E-state index in [-0.39, 0.29) is 0 Å². The smallest absolute Gasteiger partial charge is 0.121 e. The number of benzene rings is 1. The molecule has 21 heavy (non-hydrogen) atoms. The van der Waals surface area contributed by atoms with Crippen LogP contribution in [-0.2, 0) is 0 Å². The molecule has 2 unspecified atom stereocenters. The first-order valence-corrected chi connectivity index (χ1v) is 7.97. The summed E-state index contributed by atoms with van der Waals surface area (Å²) in [6.07, 6.45) is 2.93. The molecule has 1 rings (SSSR count). The van der Waals surface area contributed by atoms with E-state index in [1.165, 1.54) is 6.42 Å². The van der Waals surface area contributed by atoms with Crippen molar-refractivity contribution in [3.63, 3.8) is 0 Å². The number of ether oxygens (including phenoxy) is 1. The number of aliphatic hydroxyl groups is 1. The maximum Gasteiger partial charge on any atom is 0.121 e. The van der Waals surface area contributed by atoms with Crippen LogP contribution >= 0.6 is 0 Å². The lowest BCUT2D eigenvalue weighted by Gasteiger charge is -2.30. The quantitative estimate of drug-likeness (QED) is 0.651. The highest BCUT2D eigenvalue weighted by molar-refractivity contribution is 5.43. The van der Waals surface area contributed by atoms with Gasteiger partial charge in [0, 0.05) is 24.3 Å². The molecule has 0 bridgehead atoms. The number of nitrogens with two attached hydrogens (primary N) is 1. The van der Waals surface area contributed by atoms with Crippen LogP contribution in [0.5, 0.6) is 5.75 Å². The number of unbranched alkanes of at least 4 members (excludes halogenated alkanes) is 1. The summed E-state index contributed by atoms with van der Waals surface area (Å²) in [6, 6.07) is 7.78. The average Bonchev–Trinajstić information content (AvgIpc) is 2.48. The Bertz CT molecular complexity index is 398. The number of anilines is 1. The van der Waals surface area contributed by atoms with Crippen molar-refractivity contribution in [2.45, 2.75) is 52.2 Å². The molecule has 3 N–H and O–H groups in total. The van der Waals surface area contributed by atoms with Crippen molar-refractivity contribution in [2.75, 3.05) is 25.4 Å².